The van der Waals surface area contributed by atoms with Crippen LogP contribution in [-0.2, 0) is 0 Å². The Hall–Kier alpha value is -0.0800. The molecule has 0 radical (unpaired) electrons. The highest BCUT2D eigenvalue weighted by Gasteiger charge is 2.27. The number of hydrogen-bond donors (Lipinski definition) is 1. The van der Waals surface area contributed by atoms with Gasteiger partial charge in [0, 0.05) is 24.7 Å². The minimum Gasteiger partial charge on any atom is -0.314 e. The van der Waals surface area contributed by atoms with Crippen molar-refractivity contribution in [2.24, 2.45) is 5.92 Å². The molecule has 1 aliphatic rings. The van der Waals surface area contributed by atoms with Gasteiger partial charge in [-0.05, 0) is 52.5 Å². The van der Waals surface area contributed by atoms with Crippen LogP contribution in [0.3, 0.4) is 0 Å². The van der Waals surface area contributed by atoms with Crippen molar-refractivity contribution in [2.45, 2.75) is 72.0 Å². The zero-order valence-corrected chi connectivity index (χ0v) is 11.8. The Morgan fingerprint density at radius 1 is 1.25 bits per heavy atom. The topological polar surface area (TPSA) is 15.3 Å². The van der Waals surface area contributed by atoms with Crippen molar-refractivity contribution in [1.82, 2.24) is 10.2 Å². The maximum Gasteiger partial charge on any atom is 0.00845 e. The first-order valence-corrected chi connectivity index (χ1v) is 7.03. The largest absolute Gasteiger partial charge is 0.314 e. The van der Waals surface area contributed by atoms with Crippen molar-refractivity contribution in [3.05, 3.63) is 0 Å². The molecule has 1 rings (SSSR count). The van der Waals surface area contributed by atoms with E-state index in [0.29, 0.717) is 12.1 Å². The first-order valence-electron chi connectivity index (χ1n) is 7.03. The lowest BCUT2D eigenvalue weighted by atomic mass is 9.92. The van der Waals surface area contributed by atoms with Gasteiger partial charge in [-0.1, -0.05) is 13.8 Å². The molecule has 1 N–H and O–H groups in total. The van der Waals surface area contributed by atoms with Crippen molar-refractivity contribution in [3.63, 3.8) is 0 Å². The highest BCUT2D eigenvalue weighted by molar-refractivity contribution is 4.82. The maximum atomic E-state index is 3.51. The van der Waals surface area contributed by atoms with Gasteiger partial charge < -0.3 is 5.32 Å². The van der Waals surface area contributed by atoms with Gasteiger partial charge in [0.2, 0.25) is 0 Å². The Labute approximate surface area is 102 Å². The predicted octanol–water partition coefficient (Wildman–Crippen LogP) is 2.88. The summed E-state index contributed by atoms with van der Waals surface area (Å²) in [6.45, 7) is 14.0. The molecule has 1 saturated heterocycles. The molecule has 0 aliphatic carbocycles. The van der Waals surface area contributed by atoms with Gasteiger partial charge in [-0.3, -0.25) is 4.90 Å². The molecule has 96 valence electrons. The van der Waals surface area contributed by atoms with Crippen LogP contribution in [0.1, 0.15) is 53.9 Å². The van der Waals surface area contributed by atoms with Crippen molar-refractivity contribution in [2.75, 3.05) is 13.1 Å². The fraction of sp³-hybridized carbons (Fsp3) is 1.00. The molecule has 1 fully saturated rings. The Morgan fingerprint density at radius 3 is 2.56 bits per heavy atom. The van der Waals surface area contributed by atoms with Crippen LogP contribution in [0.2, 0.25) is 0 Å². The fourth-order valence-electron chi connectivity index (χ4n) is 3.02. The third-order valence-electron chi connectivity index (χ3n) is 3.98. The summed E-state index contributed by atoms with van der Waals surface area (Å²) in [7, 11) is 0. The summed E-state index contributed by atoms with van der Waals surface area (Å²) in [6.07, 6.45) is 4.05. The quantitative estimate of drug-likeness (QED) is 0.775. The molecule has 4 unspecified atom stereocenters. The molecule has 0 amide bonds. The first kappa shape index (κ1) is 14.0. The molecule has 2 nitrogen and oxygen atoms in total. The molecule has 0 aromatic rings. The van der Waals surface area contributed by atoms with E-state index >= 15 is 0 Å². The minimum atomic E-state index is 0.643. The summed E-state index contributed by atoms with van der Waals surface area (Å²) in [6, 6.07) is 2.14. The zero-order valence-electron chi connectivity index (χ0n) is 11.8. The van der Waals surface area contributed by atoms with Crippen LogP contribution in [-0.4, -0.2) is 36.1 Å². The molecule has 0 spiro atoms. The summed E-state index contributed by atoms with van der Waals surface area (Å²) in [5.74, 6) is 0.882. The number of hydrogen-bond acceptors (Lipinski definition) is 2. The number of nitrogens with zero attached hydrogens (tertiary/aromatic N) is 1. The molecule has 0 aromatic carbocycles. The van der Waals surface area contributed by atoms with Gasteiger partial charge in [-0.15, -0.1) is 0 Å². The van der Waals surface area contributed by atoms with Gasteiger partial charge in [0.05, 0.1) is 0 Å². The number of piperidine rings is 1. The number of rotatable bonds is 5. The van der Waals surface area contributed by atoms with E-state index < -0.39 is 0 Å². The molecule has 1 aliphatic heterocycles. The third kappa shape index (κ3) is 4.06. The number of nitrogens with one attached hydrogen (secondary N) is 1. The molecular formula is C14H30N2. The third-order valence-corrected chi connectivity index (χ3v) is 3.98. The summed E-state index contributed by atoms with van der Waals surface area (Å²) in [5, 5.41) is 3.51. The van der Waals surface area contributed by atoms with E-state index in [1.165, 1.54) is 25.8 Å². The average Bonchev–Trinajstić information content (AvgIpc) is 2.21. The molecule has 1 heterocycles. The molecule has 0 saturated carbocycles. The molecule has 0 aromatic heterocycles. The van der Waals surface area contributed by atoms with Crippen LogP contribution in [0.25, 0.3) is 0 Å². The highest BCUT2D eigenvalue weighted by atomic mass is 15.2. The lowest BCUT2D eigenvalue weighted by Crippen LogP contribution is -2.48. The highest BCUT2D eigenvalue weighted by Crippen LogP contribution is 2.24. The van der Waals surface area contributed by atoms with E-state index in [-0.39, 0.29) is 0 Å². The van der Waals surface area contributed by atoms with Crippen LogP contribution in [0.5, 0.6) is 0 Å². The Bertz CT molecular complexity index is 193. The van der Waals surface area contributed by atoms with Gasteiger partial charge in [0.1, 0.15) is 0 Å². The first-order chi connectivity index (χ1) is 7.54. The summed E-state index contributed by atoms with van der Waals surface area (Å²) >= 11 is 0. The van der Waals surface area contributed by atoms with Crippen molar-refractivity contribution in [1.29, 1.82) is 0 Å². The molecule has 0 bridgehead atoms. The van der Waals surface area contributed by atoms with Crippen molar-refractivity contribution < 1.29 is 0 Å². The Morgan fingerprint density at radius 2 is 1.94 bits per heavy atom. The predicted molar refractivity (Wildman–Crippen MR) is 71.8 cm³/mol. The second kappa shape index (κ2) is 6.61. The summed E-state index contributed by atoms with van der Waals surface area (Å²) in [4.78, 5) is 2.71. The lowest BCUT2D eigenvalue weighted by molar-refractivity contribution is 0.0763. The second-order valence-corrected chi connectivity index (χ2v) is 5.77. The Balaban J connectivity index is 2.41. The monoisotopic (exact) mass is 226 g/mol. The molecular weight excluding hydrogens is 196 g/mol. The van der Waals surface area contributed by atoms with E-state index in [1.807, 2.05) is 0 Å². The molecule has 4 atom stereocenters. The maximum absolute atomic E-state index is 3.51. The second-order valence-electron chi connectivity index (χ2n) is 5.77. The van der Waals surface area contributed by atoms with E-state index in [4.69, 9.17) is 0 Å². The van der Waals surface area contributed by atoms with Gasteiger partial charge in [-0.2, -0.15) is 0 Å². The van der Waals surface area contributed by atoms with Crippen molar-refractivity contribution >= 4 is 0 Å². The van der Waals surface area contributed by atoms with Crippen LogP contribution in [0.4, 0.5) is 0 Å². The lowest BCUT2D eigenvalue weighted by Gasteiger charge is -2.41. The summed E-state index contributed by atoms with van der Waals surface area (Å²) < 4.78 is 0. The summed E-state index contributed by atoms with van der Waals surface area (Å²) in [5.41, 5.74) is 0. The van der Waals surface area contributed by atoms with Gasteiger partial charge >= 0.3 is 0 Å². The van der Waals surface area contributed by atoms with Crippen LogP contribution in [0, 0.1) is 5.92 Å². The Kier molecular flexibility index (Phi) is 5.77. The van der Waals surface area contributed by atoms with Crippen LogP contribution < -0.4 is 5.32 Å². The van der Waals surface area contributed by atoms with E-state index in [1.54, 1.807) is 0 Å². The fourth-order valence-corrected chi connectivity index (χ4v) is 3.02. The van der Waals surface area contributed by atoms with Gasteiger partial charge in [0.25, 0.3) is 0 Å². The average molecular weight is 226 g/mol. The van der Waals surface area contributed by atoms with E-state index in [9.17, 15) is 0 Å². The minimum absolute atomic E-state index is 0.643. The molecule has 16 heavy (non-hydrogen) atoms. The smallest absolute Gasteiger partial charge is 0.00845 e. The van der Waals surface area contributed by atoms with Crippen LogP contribution >= 0.6 is 0 Å². The van der Waals surface area contributed by atoms with Crippen molar-refractivity contribution in [3.8, 4) is 0 Å². The van der Waals surface area contributed by atoms with E-state index in [0.717, 1.165) is 18.5 Å². The normalized spacial score (nSPS) is 31.3. The van der Waals surface area contributed by atoms with Crippen LogP contribution in [0.15, 0.2) is 0 Å². The number of likely N-dealkylation sites (tertiary alicyclic amines) is 1. The molecule has 2 heteroatoms. The SMILES string of the molecule is CCNC(C)CC(C)N1CC(C)CCC1C. The van der Waals surface area contributed by atoms with E-state index in [2.05, 4.69) is 44.8 Å². The van der Waals surface area contributed by atoms with Gasteiger partial charge in [-0.25, -0.2) is 0 Å². The van der Waals surface area contributed by atoms with Gasteiger partial charge in [0.15, 0.2) is 0 Å². The standard InChI is InChI=1S/C14H30N2/c1-6-15-12(3)9-14(5)16-10-11(2)7-8-13(16)4/h11-15H,6-10H2,1-5H3. The zero-order chi connectivity index (χ0) is 12.1.